The van der Waals surface area contributed by atoms with Crippen molar-refractivity contribution in [3.63, 3.8) is 0 Å². The van der Waals surface area contributed by atoms with Gasteiger partial charge in [0.05, 0.1) is 16.8 Å². The Morgan fingerprint density at radius 2 is 1.89 bits per heavy atom. The average molecular weight is 380 g/mol. The first kappa shape index (κ1) is 19.5. The van der Waals surface area contributed by atoms with Crippen LogP contribution in [0.5, 0.6) is 0 Å². The third-order valence-corrected chi connectivity index (χ3v) is 4.40. The van der Waals surface area contributed by atoms with E-state index < -0.39 is 17.9 Å². The molecule has 144 valence electrons. The van der Waals surface area contributed by atoms with E-state index in [1.54, 1.807) is 19.1 Å². The van der Waals surface area contributed by atoms with Crippen LogP contribution in [0.15, 0.2) is 54.6 Å². The molecule has 1 unspecified atom stereocenters. The van der Waals surface area contributed by atoms with Gasteiger partial charge in [0.25, 0.3) is 5.91 Å². The number of nitrogens with one attached hydrogen (secondary N) is 1. The van der Waals surface area contributed by atoms with E-state index in [2.05, 4.69) is 10.3 Å². The van der Waals surface area contributed by atoms with E-state index >= 15 is 0 Å². The summed E-state index contributed by atoms with van der Waals surface area (Å²) in [6, 6.07) is 15.5. The number of ether oxygens (including phenoxy) is 1. The number of fused-ring (bicyclic) bond motifs is 1. The molecule has 1 aromatic heterocycles. The predicted molar refractivity (Wildman–Crippen MR) is 104 cm³/mol. The minimum atomic E-state index is -0.938. The molecule has 28 heavy (non-hydrogen) atoms. The summed E-state index contributed by atoms with van der Waals surface area (Å²) in [5.74, 6) is -1.39. The molecule has 6 heteroatoms. The number of pyridine rings is 1. The van der Waals surface area contributed by atoms with Gasteiger partial charge in [-0.3, -0.25) is 9.78 Å². The Morgan fingerprint density at radius 3 is 2.64 bits per heavy atom. The van der Waals surface area contributed by atoms with Crippen molar-refractivity contribution >= 4 is 22.8 Å². The van der Waals surface area contributed by atoms with E-state index in [9.17, 15) is 14.0 Å². The van der Waals surface area contributed by atoms with Crippen LogP contribution in [-0.2, 0) is 16.0 Å². The van der Waals surface area contributed by atoms with E-state index in [4.69, 9.17) is 4.74 Å². The lowest BCUT2D eigenvalue weighted by atomic mass is 10.1. The fourth-order valence-corrected chi connectivity index (χ4v) is 2.84. The lowest BCUT2D eigenvalue weighted by Gasteiger charge is -2.14. The molecular weight excluding hydrogens is 359 g/mol. The maximum Gasteiger partial charge on any atom is 0.340 e. The number of carbonyl (C=O) groups is 2. The molecule has 0 spiro atoms. The largest absolute Gasteiger partial charge is 0.449 e. The van der Waals surface area contributed by atoms with Crippen molar-refractivity contribution in [1.29, 1.82) is 0 Å². The molecule has 0 radical (unpaired) electrons. The molecule has 0 aliphatic carbocycles. The summed E-state index contributed by atoms with van der Waals surface area (Å²) >= 11 is 0. The van der Waals surface area contributed by atoms with Gasteiger partial charge in [0.1, 0.15) is 5.82 Å². The van der Waals surface area contributed by atoms with Crippen molar-refractivity contribution in [2.24, 2.45) is 0 Å². The van der Waals surface area contributed by atoms with Gasteiger partial charge in [0, 0.05) is 18.0 Å². The Hall–Kier alpha value is -3.28. The number of aryl methyl sites for hydroxylation is 1. The predicted octanol–water partition coefficient (Wildman–Crippen LogP) is 3.59. The number of amides is 1. The van der Waals surface area contributed by atoms with Gasteiger partial charge in [0.15, 0.2) is 6.10 Å². The van der Waals surface area contributed by atoms with Gasteiger partial charge in [-0.1, -0.05) is 30.3 Å². The summed E-state index contributed by atoms with van der Waals surface area (Å²) in [5.41, 5.74) is 2.24. The highest BCUT2D eigenvalue weighted by Gasteiger charge is 2.20. The monoisotopic (exact) mass is 380 g/mol. The molecule has 5 nitrogen and oxygen atoms in total. The van der Waals surface area contributed by atoms with Gasteiger partial charge in [-0.2, -0.15) is 0 Å². The minimum absolute atomic E-state index is 0.253. The molecule has 3 rings (SSSR count). The van der Waals surface area contributed by atoms with E-state index in [0.29, 0.717) is 29.6 Å². The van der Waals surface area contributed by atoms with E-state index in [1.165, 1.54) is 19.1 Å². The second-order valence-electron chi connectivity index (χ2n) is 6.53. The average Bonchev–Trinajstić information content (AvgIpc) is 2.68. The number of esters is 1. The van der Waals surface area contributed by atoms with Crippen molar-refractivity contribution in [1.82, 2.24) is 10.3 Å². The highest BCUT2D eigenvalue weighted by atomic mass is 19.1. The van der Waals surface area contributed by atoms with Gasteiger partial charge in [-0.25, -0.2) is 9.18 Å². The molecule has 1 atom stereocenters. The van der Waals surface area contributed by atoms with Crippen molar-refractivity contribution in [3.8, 4) is 0 Å². The first-order chi connectivity index (χ1) is 13.4. The Balaban J connectivity index is 1.60. The number of benzene rings is 2. The molecule has 3 aromatic rings. The lowest BCUT2D eigenvalue weighted by molar-refractivity contribution is -0.129. The summed E-state index contributed by atoms with van der Waals surface area (Å²) < 4.78 is 18.6. The van der Waals surface area contributed by atoms with Crippen molar-refractivity contribution in [2.75, 3.05) is 6.54 Å². The Morgan fingerprint density at radius 1 is 1.14 bits per heavy atom. The zero-order valence-electron chi connectivity index (χ0n) is 15.7. The topological polar surface area (TPSA) is 68.3 Å². The normalized spacial score (nSPS) is 11.8. The lowest BCUT2D eigenvalue weighted by Crippen LogP contribution is -2.37. The zero-order valence-corrected chi connectivity index (χ0v) is 15.7. The molecule has 1 amide bonds. The summed E-state index contributed by atoms with van der Waals surface area (Å²) in [7, 11) is 0. The second kappa shape index (κ2) is 8.61. The number of halogens is 1. The van der Waals surface area contributed by atoms with Gasteiger partial charge in [-0.15, -0.1) is 0 Å². The van der Waals surface area contributed by atoms with Gasteiger partial charge in [0.2, 0.25) is 0 Å². The van der Waals surface area contributed by atoms with Crippen LogP contribution < -0.4 is 5.32 Å². The molecule has 0 aliphatic heterocycles. The van der Waals surface area contributed by atoms with Crippen LogP contribution in [0.2, 0.25) is 0 Å². The number of hydrogen-bond donors (Lipinski definition) is 1. The van der Waals surface area contributed by atoms with Gasteiger partial charge < -0.3 is 10.1 Å². The second-order valence-corrected chi connectivity index (χ2v) is 6.53. The molecule has 0 fully saturated rings. The summed E-state index contributed by atoms with van der Waals surface area (Å²) in [6.07, 6.45) is -0.246. The summed E-state index contributed by atoms with van der Waals surface area (Å²) in [5, 5.41) is 3.39. The Kier molecular flexibility index (Phi) is 5.99. The third-order valence-electron chi connectivity index (χ3n) is 4.40. The van der Waals surface area contributed by atoms with E-state index in [-0.39, 0.29) is 11.5 Å². The SMILES string of the molecule is Cc1nc2cc(F)ccc2cc1C(=O)OC(C)C(=O)NCCc1ccccc1. The van der Waals surface area contributed by atoms with Crippen LogP contribution in [0.1, 0.15) is 28.5 Å². The molecule has 0 saturated heterocycles. The van der Waals surface area contributed by atoms with Gasteiger partial charge >= 0.3 is 5.97 Å². The van der Waals surface area contributed by atoms with Crippen LogP contribution in [0, 0.1) is 12.7 Å². The quantitative estimate of drug-likeness (QED) is 0.664. The van der Waals surface area contributed by atoms with Gasteiger partial charge in [-0.05, 0) is 44.0 Å². The number of aromatic nitrogens is 1. The number of nitrogens with zero attached hydrogens (tertiary/aromatic N) is 1. The molecule has 1 heterocycles. The first-order valence-corrected chi connectivity index (χ1v) is 9.03. The number of carbonyl (C=O) groups excluding carboxylic acids is 2. The third kappa shape index (κ3) is 4.71. The highest BCUT2D eigenvalue weighted by Crippen LogP contribution is 2.19. The molecule has 1 N–H and O–H groups in total. The molecule has 2 aromatic carbocycles. The molecule has 0 bridgehead atoms. The van der Waals surface area contributed by atoms with E-state index in [1.807, 2.05) is 30.3 Å². The summed E-state index contributed by atoms with van der Waals surface area (Å²) in [6.45, 7) is 3.62. The van der Waals surface area contributed by atoms with Crippen LogP contribution in [-0.4, -0.2) is 29.5 Å². The molecule has 0 saturated carbocycles. The number of rotatable bonds is 6. The van der Waals surface area contributed by atoms with Crippen LogP contribution in [0.4, 0.5) is 4.39 Å². The molecular formula is C22H21FN2O3. The van der Waals surface area contributed by atoms with Crippen molar-refractivity contribution < 1.29 is 18.7 Å². The fourth-order valence-electron chi connectivity index (χ4n) is 2.84. The smallest absolute Gasteiger partial charge is 0.340 e. The highest BCUT2D eigenvalue weighted by molar-refractivity contribution is 5.96. The number of hydrogen-bond acceptors (Lipinski definition) is 4. The minimum Gasteiger partial charge on any atom is -0.449 e. The van der Waals surface area contributed by atoms with E-state index in [0.717, 1.165) is 5.56 Å². The zero-order chi connectivity index (χ0) is 20.1. The van der Waals surface area contributed by atoms with Crippen molar-refractivity contribution in [2.45, 2.75) is 26.4 Å². The maximum atomic E-state index is 13.3. The summed E-state index contributed by atoms with van der Waals surface area (Å²) in [4.78, 5) is 28.9. The van der Waals surface area contributed by atoms with Crippen LogP contribution >= 0.6 is 0 Å². The van der Waals surface area contributed by atoms with Crippen molar-refractivity contribution in [3.05, 3.63) is 77.2 Å². The van der Waals surface area contributed by atoms with Crippen LogP contribution in [0.3, 0.4) is 0 Å². The standard InChI is InChI=1S/C22H21FN2O3/c1-14-19(12-17-8-9-18(23)13-20(17)25-14)22(27)28-15(2)21(26)24-11-10-16-6-4-3-5-7-16/h3-9,12-13,15H,10-11H2,1-2H3,(H,24,26). The Labute approximate surface area is 162 Å². The van der Waals surface area contributed by atoms with Crippen LogP contribution in [0.25, 0.3) is 10.9 Å². The fraction of sp³-hybridized carbons (Fsp3) is 0.227. The first-order valence-electron chi connectivity index (χ1n) is 9.03. The Bertz CT molecular complexity index is 1010. The maximum absolute atomic E-state index is 13.3. The molecule has 0 aliphatic rings.